The fourth-order valence-corrected chi connectivity index (χ4v) is 2.75. The highest BCUT2D eigenvalue weighted by atomic mass is 32.2. The van der Waals surface area contributed by atoms with E-state index in [-0.39, 0.29) is 18.0 Å². The van der Waals surface area contributed by atoms with Gasteiger partial charge in [0.05, 0.1) is 17.9 Å². The molecule has 0 saturated carbocycles. The van der Waals surface area contributed by atoms with Crippen molar-refractivity contribution in [3.05, 3.63) is 53.5 Å². The molecule has 5 heteroatoms. The van der Waals surface area contributed by atoms with Crippen LogP contribution in [-0.2, 0) is 11.2 Å². The van der Waals surface area contributed by atoms with Gasteiger partial charge < -0.3 is 4.74 Å². The zero-order valence-electron chi connectivity index (χ0n) is 11.9. The third kappa shape index (κ3) is 4.29. The Kier molecular flexibility index (Phi) is 5.33. The molecular weight excluding hydrogens is 289 g/mol. The quantitative estimate of drug-likeness (QED) is 0.766. The molecule has 21 heavy (non-hydrogen) atoms. The molecule has 0 amide bonds. The molecule has 0 unspecified atom stereocenters. The van der Waals surface area contributed by atoms with Crippen molar-refractivity contribution < 1.29 is 13.9 Å². The molecule has 0 saturated heterocycles. The van der Waals surface area contributed by atoms with Gasteiger partial charge in [0.2, 0.25) is 0 Å². The number of aryl methyl sites for hydroxylation is 1. The van der Waals surface area contributed by atoms with Gasteiger partial charge in [0.15, 0.2) is 0 Å². The SMILES string of the molecule is COc1ccc(F)cc1CC(=O)CSc1ncccc1C. The number of methoxy groups -OCH3 is 1. The van der Waals surface area contributed by atoms with E-state index in [1.54, 1.807) is 6.20 Å². The van der Waals surface area contributed by atoms with E-state index in [2.05, 4.69) is 4.98 Å². The van der Waals surface area contributed by atoms with E-state index in [1.807, 2.05) is 19.1 Å². The van der Waals surface area contributed by atoms with E-state index in [0.29, 0.717) is 17.1 Å². The summed E-state index contributed by atoms with van der Waals surface area (Å²) in [6.07, 6.45) is 1.86. The van der Waals surface area contributed by atoms with Crippen molar-refractivity contribution in [2.24, 2.45) is 0 Å². The van der Waals surface area contributed by atoms with Crippen molar-refractivity contribution in [3.63, 3.8) is 0 Å². The molecule has 0 bridgehead atoms. The lowest BCUT2D eigenvalue weighted by atomic mass is 10.1. The number of hydrogen-bond acceptors (Lipinski definition) is 4. The molecule has 1 aromatic heterocycles. The highest BCUT2D eigenvalue weighted by molar-refractivity contribution is 7.99. The van der Waals surface area contributed by atoms with Crippen molar-refractivity contribution in [2.75, 3.05) is 12.9 Å². The number of ether oxygens (including phenoxy) is 1. The van der Waals surface area contributed by atoms with Gasteiger partial charge in [-0.1, -0.05) is 17.8 Å². The first-order valence-electron chi connectivity index (χ1n) is 6.48. The summed E-state index contributed by atoms with van der Waals surface area (Å²) in [6.45, 7) is 1.95. The standard InChI is InChI=1S/C16H16FNO2S/c1-11-4-3-7-18-16(11)21-10-14(19)9-12-8-13(17)5-6-15(12)20-2/h3-8H,9-10H2,1-2H3. The minimum atomic E-state index is -0.369. The number of halogens is 1. The smallest absolute Gasteiger partial charge is 0.147 e. The van der Waals surface area contributed by atoms with Crippen LogP contribution in [0.3, 0.4) is 0 Å². The fourth-order valence-electron chi connectivity index (χ4n) is 1.92. The third-order valence-corrected chi connectivity index (χ3v) is 4.13. The summed E-state index contributed by atoms with van der Waals surface area (Å²) in [7, 11) is 1.51. The minimum Gasteiger partial charge on any atom is -0.496 e. The third-order valence-electron chi connectivity index (χ3n) is 2.96. The highest BCUT2D eigenvalue weighted by Crippen LogP contribution is 2.23. The lowest BCUT2D eigenvalue weighted by molar-refractivity contribution is -0.116. The Balaban J connectivity index is 1.99. The first kappa shape index (κ1) is 15.5. The first-order chi connectivity index (χ1) is 10.1. The maximum atomic E-state index is 13.3. The Morgan fingerprint density at radius 3 is 2.90 bits per heavy atom. The van der Waals surface area contributed by atoms with Crippen LogP contribution in [0.5, 0.6) is 5.75 Å². The van der Waals surface area contributed by atoms with Crippen molar-refractivity contribution in [2.45, 2.75) is 18.4 Å². The molecule has 2 rings (SSSR count). The summed E-state index contributed by atoms with van der Waals surface area (Å²) in [5.74, 6) is 0.474. The predicted octanol–water partition coefficient (Wildman–Crippen LogP) is 3.44. The van der Waals surface area contributed by atoms with E-state index in [4.69, 9.17) is 4.74 Å². The van der Waals surface area contributed by atoms with Gasteiger partial charge in [-0.2, -0.15) is 0 Å². The highest BCUT2D eigenvalue weighted by Gasteiger charge is 2.11. The number of rotatable bonds is 6. The van der Waals surface area contributed by atoms with Crippen LogP contribution in [0, 0.1) is 12.7 Å². The number of carbonyl (C=O) groups is 1. The lowest BCUT2D eigenvalue weighted by Crippen LogP contribution is -2.07. The minimum absolute atomic E-state index is 0.00829. The van der Waals surface area contributed by atoms with Gasteiger partial charge in [-0.05, 0) is 36.8 Å². The van der Waals surface area contributed by atoms with Crippen LogP contribution in [0.4, 0.5) is 4.39 Å². The Hall–Kier alpha value is -1.88. The predicted molar refractivity (Wildman–Crippen MR) is 81.4 cm³/mol. The molecule has 0 N–H and O–H groups in total. The average Bonchev–Trinajstić information content (AvgIpc) is 2.47. The van der Waals surface area contributed by atoms with Crippen LogP contribution in [0.2, 0.25) is 0 Å². The second-order valence-electron chi connectivity index (χ2n) is 4.59. The van der Waals surface area contributed by atoms with E-state index in [9.17, 15) is 9.18 Å². The zero-order chi connectivity index (χ0) is 15.2. The van der Waals surface area contributed by atoms with Gasteiger partial charge in [0, 0.05) is 18.2 Å². The van der Waals surface area contributed by atoms with Gasteiger partial charge >= 0.3 is 0 Å². The molecule has 0 radical (unpaired) electrons. The molecule has 1 aromatic carbocycles. The molecule has 0 aliphatic heterocycles. The Bertz CT molecular complexity index is 646. The topological polar surface area (TPSA) is 39.2 Å². The van der Waals surface area contributed by atoms with E-state index in [0.717, 1.165) is 10.6 Å². The van der Waals surface area contributed by atoms with Crippen molar-refractivity contribution in [1.82, 2.24) is 4.98 Å². The molecule has 2 aromatic rings. The number of Topliss-reactive ketones (excluding diaryl/α,β-unsaturated/α-hetero) is 1. The average molecular weight is 305 g/mol. The van der Waals surface area contributed by atoms with Crippen molar-refractivity contribution in [3.8, 4) is 5.75 Å². The van der Waals surface area contributed by atoms with Crippen molar-refractivity contribution >= 4 is 17.5 Å². The van der Waals surface area contributed by atoms with Gasteiger partial charge in [-0.3, -0.25) is 4.79 Å². The Morgan fingerprint density at radius 2 is 2.19 bits per heavy atom. The van der Waals surface area contributed by atoms with E-state index >= 15 is 0 Å². The van der Waals surface area contributed by atoms with Gasteiger partial charge in [0.1, 0.15) is 17.3 Å². The molecule has 0 aliphatic rings. The molecule has 110 valence electrons. The summed E-state index contributed by atoms with van der Waals surface area (Å²) in [4.78, 5) is 16.3. The lowest BCUT2D eigenvalue weighted by Gasteiger charge is -2.08. The van der Waals surface area contributed by atoms with Crippen LogP contribution in [-0.4, -0.2) is 23.6 Å². The number of hydrogen-bond donors (Lipinski definition) is 0. The number of pyridine rings is 1. The van der Waals surface area contributed by atoms with E-state index < -0.39 is 0 Å². The normalized spacial score (nSPS) is 10.4. The van der Waals surface area contributed by atoms with Crippen LogP contribution >= 0.6 is 11.8 Å². The second kappa shape index (κ2) is 7.22. The molecule has 0 atom stereocenters. The van der Waals surface area contributed by atoms with Gasteiger partial charge in [0.25, 0.3) is 0 Å². The molecular formula is C16H16FNO2S. The van der Waals surface area contributed by atoms with Crippen LogP contribution in [0.15, 0.2) is 41.6 Å². The molecule has 1 heterocycles. The summed E-state index contributed by atoms with van der Waals surface area (Å²) in [5, 5.41) is 0.844. The zero-order valence-corrected chi connectivity index (χ0v) is 12.7. The van der Waals surface area contributed by atoms with Crippen molar-refractivity contribution in [1.29, 1.82) is 0 Å². The van der Waals surface area contributed by atoms with E-state index in [1.165, 1.54) is 37.1 Å². The number of aromatic nitrogens is 1. The number of carbonyl (C=O) groups excluding carboxylic acids is 1. The number of ketones is 1. The molecule has 0 fully saturated rings. The first-order valence-corrected chi connectivity index (χ1v) is 7.47. The summed E-state index contributed by atoms with van der Waals surface area (Å²) < 4.78 is 18.4. The van der Waals surface area contributed by atoms with Gasteiger partial charge in [-0.25, -0.2) is 9.37 Å². The number of nitrogens with zero attached hydrogens (tertiary/aromatic N) is 1. The maximum absolute atomic E-state index is 13.3. The number of benzene rings is 1. The summed E-state index contributed by atoms with van der Waals surface area (Å²) >= 11 is 1.40. The summed E-state index contributed by atoms with van der Waals surface area (Å²) in [6, 6.07) is 8.01. The van der Waals surface area contributed by atoms with Crippen LogP contribution in [0.1, 0.15) is 11.1 Å². The van der Waals surface area contributed by atoms with Crippen LogP contribution < -0.4 is 4.74 Å². The molecule has 3 nitrogen and oxygen atoms in total. The number of thioether (sulfide) groups is 1. The maximum Gasteiger partial charge on any atom is 0.147 e. The fraction of sp³-hybridized carbons (Fsp3) is 0.250. The summed E-state index contributed by atoms with van der Waals surface area (Å²) in [5.41, 5.74) is 1.61. The largest absolute Gasteiger partial charge is 0.496 e. The second-order valence-corrected chi connectivity index (χ2v) is 5.55. The molecule has 0 aliphatic carbocycles. The Morgan fingerprint density at radius 1 is 1.38 bits per heavy atom. The van der Waals surface area contributed by atoms with Gasteiger partial charge in [-0.15, -0.1) is 0 Å². The monoisotopic (exact) mass is 305 g/mol. The van der Waals surface area contributed by atoms with Crippen LogP contribution in [0.25, 0.3) is 0 Å². The molecule has 0 spiro atoms. The Labute approximate surface area is 127 Å².